The zero-order valence-corrected chi connectivity index (χ0v) is 11.9. The van der Waals surface area contributed by atoms with Gasteiger partial charge in [-0.15, -0.1) is 0 Å². The highest BCUT2D eigenvalue weighted by molar-refractivity contribution is 6.50. The van der Waals surface area contributed by atoms with E-state index >= 15 is 0 Å². The molecule has 0 heterocycles. The van der Waals surface area contributed by atoms with Gasteiger partial charge in [-0.1, -0.05) is 0 Å². The van der Waals surface area contributed by atoms with Crippen molar-refractivity contribution in [2.24, 2.45) is 5.92 Å². The maximum Gasteiger partial charge on any atom is 0.199 e. The van der Waals surface area contributed by atoms with Crippen molar-refractivity contribution in [1.29, 1.82) is 0 Å². The third-order valence-corrected chi connectivity index (χ3v) is 3.90. The van der Waals surface area contributed by atoms with Crippen molar-refractivity contribution in [1.82, 2.24) is 0 Å². The maximum absolute atomic E-state index is 9.14. The lowest BCUT2D eigenvalue weighted by atomic mass is 10.1. The van der Waals surface area contributed by atoms with E-state index < -0.39 is 9.04 Å². The molecule has 2 atom stereocenters. The minimum atomic E-state index is -1.14. The molecule has 5 heteroatoms. The molecule has 0 aliphatic heterocycles. The molecule has 0 aromatic carbocycles. The zero-order valence-electron chi connectivity index (χ0n) is 10.8. The van der Waals surface area contributed by atoms with Crippen LogP contribution in [0.15, 0.2) is 0 Å². The van der Waals surface area contributed by atoms with Gasteiger partial charge >= 0.3 is 0 Å². The molecule has 0 spiro atoms. The summed E-state index contributed by atoms with van der Waals surface area (Å²) >= 11 is 0. The van der Waals surface area contributed by atoms with Gasteiger partial charge in [0.1, 0.15) is 0 Å². The van der Waals surface area contributed by atoms with Gasteiger partial charge in [0.2, 0.25) is 0 Å². The van der Waals surface area contributed by atoms with E-state index in [-0.39, 0.29) is 12.5 Å². The molecule has 16 heavy (non-hydrogen) atoms. The van der Waals surface area contributed by atoms with Crippen molar-refractivity contribution in [2.45, 2.75) is 26.8 Å². The molecule has 0 rings (SSSR count). The summed E-state index contributed by atoms with van der Waals surface area (Å²) in [6.07, 6.45) is 1.58. The second-order valence-corrected chi connectivity index (χ2v) is 6.13. The number of hydrogen-bond donors (Lipinski definition) is 1. The van der Waals surface area contributed by atoms with Crippen LogP contribution in [0.1, 0.15) is 20.3 Å². The van der Waals surface area contributed by atoms with Crippen LogP contribution in [0, 0.1) is 5.92 Å². The van der Waals surface area contributed by atoms with Crippen LogP contribution < -0.4 is 0 Å². The molecular weight excluding hydrogens is 224 g/mol. The molecule has 0 bridgehead atoms. The summed E-state index contributed by atoms with van der Waals surface area (Å²) in [6, 6.07) is 0. The topological polar surface area (TPSA) is 47.9 Å². The third kappa shape index (κ3) is 9.29. The first kappa shape index (κ1) is 16.1. The lowest BCUT2D eigenvalue weighted by Crippen LogP contribution is -2.25. The van der Waals surface area contributed by atoms with Gasteiger partial charge in [0, 0.05) is 32.3 Å². The van der Waals surface area contributed by atoms with E-state index in [1.54, 1.807) is 0 Å². The van der Waals surface area contributed by atoms with Gasteiger partial charge in [-0.05, 0) is 26.8 Å². The molecule has 0 aliphatic carbocycles. The summed E-state index contributed by atoms with van der Waals surface area (Å²) in [5, 5.41) is 9.14. The molecule has 4 nitrogen and oxygen atoms in total. The summed E-state index contributed by atoms with van der Waals surface area (Å²) in [6.45, 7) is 9.06. The number of rotatable bonds is 11. The molecule has 98 valence electrons. The fourth-order valence-electron chi connectivity index (χ4n) is 1.35. The SMILES string of the molecule is CCOCCC(CO)COC[SiH](C)OCC. The van der Waals surface area contributed by atoms with Crippen molar-refractivity contribution in [2.75, 3.05) is 39.3 Å². The maximum atomic E-state index is 9.14. The van der Waals surface area contributed by atoms with Gasteiger partial charge < -0.3 is 19.0 Å². The van der Waals surface area contributed by atoms with E-state index in [1.165, 1.54) is 0 Å². The van der Waals surface area contributed by atoms with E-state index in [2.05, 4.69) is 6.55 Å². The first-order chi connectivity index (χ1) is 7.74. The highest BCUT2D eigenvalue weighted by Crippen LogP contribution is 2.03. The molecule has 0 fully saturated rings. The number of hydrogen-bond acceptors (Lipinski definition) is 4. The van der Waals surface area contributed by atoms with E-state index in [0.717, 1.165) is 25.9 Å². The average molecular weight is 250 g/mol. The Balaban J connectivity index is 3.46. The fourth-order valence-corrected chi connectivity index (χ4v) is 2.49. The van der Waals surface area contributed by atoms with Crippen molar-refractivity contribution in [3.63, 3.8) is 0 Å². The highest BCUT2D eigenvalue weighted by Gasteiger charge is 2.10. The molecule has 0 radical (unpaired) electrons. The van der Waals surface area contributed by atoms with Crippen LogP contribution in [0.5, 0.6) is 0 Å². The number of ether oxygens (including phenoxy) is 2. The minimum absolute atomic E-state index is 0.164. The smallest absolute Gasteiger partial charge is 0.199 e. The highest BCUT2D eigenvalue weighted by atomic mass is 28.3. The quantitative estimate of drug-likeness (QED) is 0.438. The zero-order chi connectivity index (χ0) is 12.2. The Kier molecular flexibility index (Phi) is 11.6. The van der Waals surface area contributed by atoms with Crippen LogP contribution in [0.25, 0.3) is 0 Å². The van der Waals surface area contributed by atoms with Crippen molar-refractivity contribution in [3.8, 4) is 0 Å². The largest absolute Gasteiger partial charge is 0.418 e. The van der Waals surface area contributed by atoms with Gasteiger partial charge in [-0.2, -0.15) is 0 Å². The predicted octanol–water partition coefficient (Wildman–Crippen LogP) is 0.967. The lowest BCUT2D eigenvalue weighted by molar-refractivity contribution is 0.0614. The molecule has 0 aromatic heterocycles. The third-order valence-electron chi connectivity index (χ3n) is 2.29. The summed E-state index contributed by atoms with van der Waals surface area (Å²) in [7, 11) is -1.14. The van der Waals surface area contributed by atoms with E-state index in [4.69, 9.17) is 19.0 Å². The van der Waals surface area contributed by atoms with Gasteiger partial charge in [0.15, 0.2) is 9.04 Å². The van der Waals surface area contributed by atoms with E-state index in [0.29, 0.717) is 13.2 Å². The van der Waals surface area contributed by atoms with Crippen molar-refractivity contribution >= 4 is 9.04 Å². The van der Waals surface area contributed by atoms with Crippen molar-refractivity contribution < 1.29 is 19.0 Å². The van der Waals surface area contributed by atoms with Crippen LogP contribution in [0.4, 0.5) is 0 Å². The van der Waals surface area contributed by atoms with Gasteiger partial charge in [-0.3, -0.25) is 0 Å². The Morgan fingerprint density at radius 2 is 1.94 bits per heavy atom. The lowest BCUT2D eigenvalue weighted by Gasteiger charge is -2.16. The van der Waals surface area contributed by atoms with Gasteiger partial charge in [0.05, 0.1) is 12.8 Å². The Hall–Kier alpha value is 0.0569. The second-order valence-electron chi connectivity index (χ2n) is 3.84. The van der Waals surface area contributed by atoms with Crippen LogP contribution in [-0.4, -0.2) is 53.4 Å². The molecule has 0 aliphatic rings. The summed E-state index contributed by atoms with van der Waals surface area (Å²) in [4.78, 5) is 0. The van der Waals surface area contributed by atoms with Gasteiger partial charge in [-0.25, -0.2) is 0 Å². The molecule has 2 unspecified atom stereocenters. The predicted molar refractivity (Wildman–Crippen MR) is 67.1 cm³/mol. The van der Waals surface area contributed by atoms with Crippen LogP contribution >= 0.6 is 0 Å². The van der Waals surface area contributed by atoms with E-state index in [1.807, 2.05) is 13.8 Å². The number of aliphatic hydroxyl groups is 1. The normalized spacial score (nSPS) is 15.0. The summed E-state index contributed by atoms with van der Waals surface area (Å²) in [5.41, 5.74) is 0. The summed E-state index contributed by atoms with van der Waals surface area (Å²) < 4.78 is 16.3. The Bertz CT molecular complexity index is 146. The molecule has 0 amide bonds. The van der Waals surface area contributed by atoms with Crippen LogP contribution in [0.3, 0.4) is 0 Å². The monoisotopic (exact) mass is 250 g/mol. The minimum Gasteiger partial charge on any atom is -0.418 e. The van der Waals surface area contributed by atoms with Crippen molar-refractivity contribution in [3.05, 3.63) is 0 Å². The molecule has 0 saturated carbocycles. The molecule has 1 N–H and O–H groups in total. The Labute approximate surface area is 101 Å². The second kappa shape index (κ2) is 11.5. The van der Waals surface area contributed by atoms with E-state index in [9.17, 15) is 0 Å². The van der Waals surface area contributed by atoms with Crippen LogP contribution in [-0.2, 0) is 13.9 Å². The summed E-state index contributed by atoms with van der Waals surface area (Å²) in [5.74, 6) is 0.189. The molecule has 0 saturated heterocycles. The molecular formula is C11H26O4Si. The average Bonchev–Trinajstić information content (AvgIpc) is 2.27. The van der Waals surface area contributed by atoms with Crippen LogP contribution in [0.2, 0.25) is 6.55 Å². The first-order valence-electron chi connectivity index (χ1n) is 6.12. The number of aliphatic hydroxyl groups excluding tert-OH is 1. The fraction of sp³-hybridized carbons (Fsp3) is 1.00. The Morgan fingerprint density at radius 3 is 2.50 bits per heavy atom. The standard InChI is InChI=1S/C11H26O4Si/c1-4-13-7-6-11(8-12)9-14-10-16(3)15-5-2/h11-12,16H,4-10H2,1-3H3. The first-order valence-corrected chi connectivity index (χ1v) is 8.56. The van der Waals surface area contributed by atoms with Gasteiger partial charge in [0.25, 0.3) is 0 Å². The Morgan fingerprint density at radius 1 is 1.19 bits per heavy atom. The molecule has 0 aromatic rings.